The SMILES string of the molecule is CC12C[C@H](NC(=O)OCC3CC3)C(C)(O1)[C@H]1C(=O)N(c3ccc(C#N)c(C(F)(F)F)c3)C(=O)[C@H]12. The van der Waals surface area contributed by atoms with Crippen LogP contribution in [0.2, 0.25) is 0 Å². The highest BCUT2D eigenvalue weighted by Gasteiger charge is 2.76. The highest BCUT2D eigenvalue weighted by atomic mass is 19.4. The number of alkyl halides is 3. The van der Waals surface area contributed by atoms with Crippen LogP contribution in [0.1, 0.15) is 44.2 Å². The van der Waals surface area contributed by atoms with Gasteiger partial charge < -0.3 is 14.8 Å². The Kier molecular flexibility index (Phi) is 4.79. The van der Waals surface area contributed by atoms with Gasteiger partial charge in [-0.2, -0.15) is 18.4 Å². The fraction of sp³-hybridized carbons (Fsp3) is 0.565. The molecule has 3 saturated heterocycles. The molecule has 0 radical (unpaired) electrons. The number of alkyl carbamates (subject to hydrolysis) is 1. The number of halogens is 3. The Morgan fingerprint density at radius 1 is 1.26 bits per heavy atom. The van der Waals surface area contributed by atoms with Crippen molar-refractivity contribution in [1.82, 2.24) is 5.32 Å². The van der Waals surface area contributed by atoms with Gasteiger partial charge in [0.25, 0.3) is 0 Å². The van der Waals surface area contributed by atoms with Gasteiger partial charge in [0, 0.05) is 6.42 Å². The maximum absolute atomic E-state index is 13.5. The van der Waals surface area contributed by atoms with Gasteiger partial charge in [-0.25, -0.2) is 9.69 Å². The number of hydrogen-bond acceptors (Lipinski definition) is 6. The number of ether oxygens (including phenoxy) is 2. The van der Waals surface area contributed by atoms with Crippen LogP contribution < -0.4 is 10.2 Å². The second-order valence-electron chi connectivity index (χ2n) is 9.85. The van der Waals surface area contributed by atoms with E-state index in [0.717, 1.165) is 29.9 Å². The number of nitrogens with zero attached hydrogens (tertiary/aromatic N) is 2. The average Bonchev–Trinajstić information content (AvgIpc) is 3.43. The van der Waals surface area contributed by atoms with Crippen molar-refractivity contribution in [3.63, 3.8) is 0 Å². The minimum atomic E-state index is -4.83. The third kappa shape index (κ3) is 3.27. The van der Waals surface area contributed by atoms with E-state index in [1.54, 1.807) is 13.8 Å². The number of hydrogen-bond donors (Lipinski definition) is 1. The predicted octanol–water partition coefficient (Wildman–Crippen LogP) is 3.14. The Labute approximate surface area is 193 Å². The molecule has 0 spiro atoms. The maximum atomic E-state index is 13.5. The molecule has 1 N–H and O–H groups in total. The lowest BCUT2D eigenvalue weighted by Gasteiger charge is -2.35. The van der Waals surface area contributed by atoms with Gasteiger partial charge in [-0.3, -0.25) is 9.59 Å². The lowest BCUT2D eigenvalue weighted by atomic mass is 9.66. The number of amides is 3. The van der Waals surface area contributed by atoms with E-state index < -0.39 is 64.3 Å². The molecule has 3 aliphatic heterocycles. The minimum Gasteiger partial charge on any atom is -0.449 e. The van der Waals surface area contributed by atoms with Crippen LogP contribution >= 0.6 is 0 Å². The fourth-order valence-corrected chi connectivity index (χ4v) is 5.67. The van der Waals surface area contributed by atoms with Crippen LogP contribution in [0.5, 0.6) is 0 Å². The number of anilines is 1. The van der Waals surface area contributed by atoms with Crippen molar-refractivity contribution < 1.29 is 37.0 Å². The van der Waals surface area contributed by atoms with Crippen LogP contribution in [0, 0.1) is 29.1 Å². The average molecular weight is 477 g/mol. The quantitative estimate of drug-likeness (QED) is 0.668. The van der Waals surface area contributed by atoms with Gasteiger partial charge >= 0.3 is 12.3 Å². The highest BCUT2D eigenvalue weighted by molar-refractivity contribution is 6.23. The van der Waals surface area contributed by atoms with E-state index in [9.17, 15) is 27.6 Å². The second kappa shape index (κ2) is 7.18. The third-order valence-corrected chi connectivity index (χ3v) is 7.46. The summed E-state index contributed by atoms with van der Waals surface area (Å²) in [7, 11) is 0. The van der Waals surface area contributed by atoms with Crippen LogP contribution in [-0.2, 0) is 25.2 Å². The fourth-order valence-electron chi connectivity index (χ4n) is 5.67. The molecular weight excluding hydrogens is 455 g/mol. The Morgan fingerprint density at radius 2 is 1.94 bits per heavy atom. The van der Waals surface area contributed by atoms with Crippen molar-refractivity contribution >= 4 is 23.6 Å². The molecule has 2 unspecified atom stereocenters. The first-order valence-corrected chi connectivity index (χ1v) is 11.0. The molecule has 2 bridgehead atoms. The minimum absolute atomic E-state index is 0.247. The van der Waals surface area contributed by atoms with Gasteiger partial charge in [0.15, 0.2) is 0 Å². The summed E-state index contributed by atoms with van der Waals surface area (Å²) >= 11 is 0. The van der Waals surface area contributed by atoms with E-state index in [2.05, 4.69) is 5.32 Å². The molecule has 5 rings (SSSR count). The molecule has 1 aliphatic carbocycles. The van der Waals surface area contributed by atoms with E-state index in [0.29, 0.717) is 18.6 Å². The van der Waals surface area contributed by atoms with Gasteiger partial charge in [0.05, 0.1) is 58.6 Å². The van der Waals surface area contributed by atoms with Crippen molar-refractivity contribution in [1.29, 1.82) is 5.26 Å². The van der Waals surface area contributed by atoms with Crippen molar-refractivity contribution in [3.05, 3.63) is 29.3 Å². The molecule has 4 fully saturated rings. The molecule has 1 aromatic rings. The summed E-state index contributed by atoms with van der Waals surface area (Å²) in [6.45, 7) is 3.61. The normalized spacial score (nSPS) is 34.2. The maximum Gasteiger partial charge on any atom is 0.417 e. The number of imide groups is 1. The topological polar surface area (TPSA) is 109 Å². The monoisotopic (exact) mass is 477 g/mol. The summed E-state index contributed by atoms with van der Waals surface area (Å²) in [4.78, 5) is 39.8. The standard InChI is InChI=1S/C23H22F3N3O5/c1-21-8-15(28-20(32)33-10-11-3-4-11)22(2,34-21)17-16(21)18(30)29(19(17)31)13-6-5-12(9-27)14(7-13)23(24,25)26/h5-7,11,15-17H,3-4,8,10H2,1-2H3,(H,28,32)/t15-,16-,17+,21?,22?/m0/s1. The molecule has 0 aromatic heterocycles. The summed E-state index contributed by atoms with van der Waals surface area (Å²) in [5, 5.41) is 11.8. The molecule has 3 heterocycles. The molecule has 34 heavy (non-hydrogen) atoms. The Balaban J connectivity index is 1.44. The third-order valence-electron chi connectivity index (χ3n) is 7.46. The van der Waals surface area contributed by atoms with Crippen LogP contribution in [0.15, 0.2) is 18.2 Å². The Bertz CT molecular complexity index is 1140. The molecule has 8 nitrogen and oxygen atoms in total. The first-order chi connectivity index (χ1) is 15.9. The summed E-state index contributed by atoms with van der Waals surface area (Å²) in [6.07, 6.45) is -3.20. The predicted molar refractivity (Wildman–Crippen MR) is 109 cm³/mol. The van der Waals surface area contributed by atoms with Crippen molar-refractivity contribution in [2.24, 2.45) is 17.8 Å². The van der Waals surface area contributed by atoms with Gasteiger partial charge in [0.2, 0.25) is 11.8 Å². The van der Waals surface area contributed by atoms with E-state index in [1.807, 2.05) is 0 Å². The lowest BCUT2D eigenvalue weighted by Crippen LogP contribution is -2.56. The summed E-state index contributed by atoms with van der Waals surface area (Å²) < 4.78 is 51.8. The summed E-state index contributed by atoms with van der Waals surface area (Å²) in [6, 6.07) is 3.61. The number of benzene rings is 1. The lowest BCUT2D eigenvalue weighted by molar-refractivity contribution is -0.138. The van der Waals surface area contributed by atoms with Gasteiger partial charge in [-0.15, -0.1) is 0 Å². The van der Waals surface area contributed by atoms with Gasteiger partial charge in [0.1, 0.15) is 0 Å². The van der Waals surface area contributed by atoms with Crippen molar-refractivity contribution in [2.45, 2.75) is 56.5 Å². The van der Waals surface area contributed by atoms with E-state index in [-0.39, 0.29) is 12.1 Å². The zero-order valence-electron chi connectivity index (χ0n) is 18.4. The van der Waals surface area contributed by atoms with E-state index in [1.165, 1.54) is 6.07 Å². The molecular formula is C23H22F3N3O5. The number of carbonyl (C=O) groups is 3. The number of fused-ring (bicyclic) bond motifs is 5. The van der Waals surface area contributed by atoms with E-state index in [4.69, 9.17) is 14.7 Å². The van der Waals surface area contributed by atoms with Crippen LogP contribution in [0.3, 0.4) is 0 Å². The summed E-state index contributed by atoms with van der Waals surface area (Å²) in [5.74, 6) is -2.88. The molecule has 3 amide bonds. The van der Waals surface area contributed by atoms with Crippen LogP contribution in [0.25, 0.3) is 0 Å². The number of carbonyl (C=O) groups excluding carboxylic acids is 3. The molecule has 1 saturated carbocycles. The Hall–Kier alpha value is -3.13. The molecule has 4 aliphatic rings. The van der Waals surface area contributed by atoms with Gasteiger partial charge in [-0.1, -0.05) is 0 Å². The van der Waals surface area contributed by atoms with Crippen LogP contribution in [0.4, 0.5) is 23.7 Å². The molecule has 1 aromatic carbocycles. The molecule has 5 atom stereocenters. The Morgan fingerprint density at radius 3 is 2.56 bits per heavy atom. The smallest absolute Gasteiger partial charge is 0.417 e. The highest BCUT2D eigenvalue weighted by Crippen LogP contribution is 2.61. The van der Waals surface area contributed by atoms with E-state index >= 15 is 0 Å². The number of nitriles is 1. The zero-order valence-corrected chi connectivity index (χ0v) is 18.4. The number of nitrogens with one attached hydrogen (secondary N) is 1. The molecule has 180 valence electrons. The van der Waals surface area contributed by atoms with Crippen molar-refractivity contribution in [2.75, 3.05) is 11.5 Å². The number of rotatable bonds is 4. The van der Waals surface area contributed by atoms with Crippen molar-refractivity contribution in [3.8, 4) is 6.07 Å². The molecule has 11 heteroatoms. The van der Waals surface area contributed by atoms with Crippen LogP contribution in [-0.4, -0.2) is 41.8 Å². The zero-order chi connectivity index (χ0) is 24.6. The second-order valence-corrected chi connectivity index (χ2v) is 9.85. The first-order valence-electron chi connectivity index (χ1n) is 11.0. The summed E-state index contributed by atoms with van der Waals surface area (Å²) in [5.41, 5.74) is -4.41. The first kappa shape index (κ1) is 22.7. The van der Waals surface area contributed by atoms with Gasteiger partial charge in [-0.05, 0) is 50.8 Å². The largest absolute Gasteiger partial charge is 0.449 e.